The van der Waals surface area contributed by atoms with Crippen molar-refractivity contribution in [2.75, 3.05) is 5.73 Å². The first kappa shape index (κ1) is 9.27. The van der Waals surface area contributed by atoms with Gasteiger partial charge in [-0.25, -0.2) is 0 Å². The van der Waals surface area contributed by atoms with E-state index >= 15 is 0 Å². The highest BCUT2D eigenvalue weighted by Crippen LogP contribution is 2.26. The molecule has 74 valence electrons. The van der Waals surface area contributed by atoms with E-state index in [1.165, 1.54) is 0 Å². The Morgan fingerprint density at radius 2 is 2.29 bits per heavy atom. The van der Waals surface area contributed by atoms with Crippen LogP contribution in [0.2, 0.25) is 0 Å². The van der Waals surface area contributed by atoms with Crippen LogP contribution in [0.3, 0.4) is 0 Å². The Balaban J connectivity index is 2.45. The molecule has 2 rings (SSSR count). The summed E-state index contributed by atoms with van der Waals surface area (Å²) in [5.74, 6) is 0. The zero-order chi connectivity index (χ0) is 10.1. The molecule has 2 N–H and O–H groups in total. The summed E-state index contributed by atoms with van der Waals surface area (Å²) in [6, 6.07) is 2.39. The fourth-order valence-electron chi connectivity index (χ4n) is 1.29. The van der Waals surface area contributed by atoms with Gasteiger partial charge in [0.1, 0.15) is 5.69 Å². The van der Waals surface area contributed by atoms with Crippen LogP contribution in [-0.2, 0) is 0 Å². The molecule has 3 nitrogen and oxygen atoms in total. The van der Waals surface area contributed by atoms with Gasteiger partial charge < -0.3 is 5.73 Å². The van der Waals surface area contributed by atoms with Crippen molar-refractivity contribution < 1.29 is 0 Å². The zero-order valence-electron chi connectivity index (χ0n) is 8.27. The first-order valence-electron chi connectivity index (χ1n) is 4.55. The number of nitrogens with zero attached hydrogens (tertiary/aromatic N) is 2. The van der Waals surface area contributed by atoms with Crippen LogP contribution < -0.4 is 5.73 Å². The zero-order valence-corrected chi connectivity index (χ0v) is 9.08. The van der Waals surface area contributed by atoms with Crippen LogP contribution in [0.1, 0.15) is 19.9 Å². The molecule has 0 fully saturated rings. The Labute approximate surface area is 87.2 Å². The van der Waals surface area contributed by atoms with Crippen molar-refractivity contribution >= 4 is 17.0 Å². The minimum atomic E-state index is 0.352. The van der Waals surface area contributed by atoms with Crippen LogP contribution in [0.4, 0.5) is 5.69 Å². The second-order valence-corrected chi connectivity index (χ2v) is 4.30. The van der Waals surface area contributed by atoms with E-state index in [0.29, 0.717) is 6.04 Å². The summed E-state index contributed by atoms with van der Waals surface area (Å²) in [5.41, 5.74) is 8.63. The fourth-order valence-corrected chi connectivity index (χ4v) is 1.93. The number of thiophene rings is 1. The molecule has 0 spiro atoms. The molecule has 14 heavy (non-hydrogen) atoms. The minimum absolute atomic E-state index is 0.352. The lowest BCUT2D eigenvalue weighted by Crippen LogP contribution is -2.00. The lowest BCUT2D eigenvalue weighted by molar-refractivity contribution is 0.534. The van der Waals surface area contributed by atoms with Gasteiger partial charge in [0.05, 0.1) is 5.69 Å². The van der Waals surface area contributed by atoms with Crippen LogP contribution >= 0.6 is 11.3 Å². The van der Waals surface area contributed by atoms with Gasteiger partial charge in [-0.2, -0.15) is 16.4 Å². The smallest absolute Gasteiger partial charge is 0.116 e. The second-order valence-electron chi connectivity index (χ2n) is 3.52. The predicted octanol–water partition coefficient (Wildman–Crippen LogP) is 2.77. The van der Waals surface area contributed by atoms with E-state index in [-0.39, 0.29) is 0 Å². The molecule has 4 heteroatoms. The van der Waals surface area contributed by atoms with Gasteiger partial charge in [0.2, 0.25) is 0 Å². The third kappa shape index (κ3) is 1.53. The molecule has 2 heterocycles. The molecule has 0 saturated carbocycles. The van der Waals surface area contributed by atoms with E-state index in [4.69, 9.17) is 5.73 Å². The number of hydrogen-bond acceptors (Lipinski definition) is 3. The van der Waals surface area contributed by atoms with Crippen LogP contribution in [-0.4, -0.2) is 9.78 Å². The maximum atomic E-state index is 5.89. The maximum Gasteiger partial charge on any atom is 0.116 e. The summed E-state index contributed by atoms with van der Waals surface area (Å²) >= 11 is 1.66. The van der Waals surface area contributed by atoms with Gasteiger partial charge in [0, 0.05) is 23.2 Å². The Morgan fingerprint density at radius 3 is 2.79 bits per heavy atom. The molecular formula is C10H13N3S. The van der Waals surface area contributed by atoms with Crippen molar-refractivity contribution in [3.05, 3.63) is 23.0 Å². The first-order chi connectivity index (χ1) is 6.68. The average Bonchev–Trinajstić information content (AvgIpc) is 2.71. The summed E-state index contributed by atoms with van der Waals surface area (Å²) in [7, 11) is 0. The van der Waals surface area contributed by atoms with Crippen molar-refractivity contribution in [3.63, 3.8) is 0 Å². The van der Waals surface area contributed by atoms with Gasteiger partial charge >= 0.3 is 0 Å². The number of hydrogen-bond donors (Lipinski definition) is 1. The summed E-state index contributed by atoms with van der Waals surface area (Å²) in [6.07, 6.45) is 1.89. The number of nitrogen functional groups attached to an aromatic ring is 1. The Bertz CT molecular complexity index is 415. The maximum absolute atomic E-state index is 5.89. The van der Waals surface area contributed by atoms with Crippen molar-refractivity contribution in [2.24, 2.45) is 0 Å². The van der Waals surface area contributed by atoms with Crippen LogP contribution in [0.15, 0.2) is 23.0 Å². The lowest BCUT2D eigenvalue weighted by Gasteiger charge is -2.02. The Morgan fingerprint density at radius 1 is 1.50 bits per heavy atom. The normalized spacial score (nSPS) is 11.1. The molecule has 0 aliphatic rings. The van der Waals surface area contributed by atoms with Crippen molar-refractivity contribution in [2.45, 2.75) is 19.9 Å². The van der Waals surface area contributed by atoms with Crippen molar-refractivity contribution in [1.29, 1.82) is 0 Å². The van der Waals surface area contributed by atoms with E-state index in [1.54, 1.807) is 11.3 Å². The highest BCUT2D eigenvalue weighted by molar-refractivity contribution is 7.08. The topological polar surface area (TPSA) is 43.8 Å². The number of aromatic nitrogens is 2. The molecule has 0 amide bonds. The number of anilines is 1. The highest BCUT2D eigenvalue weighted by atomic mass is 32.1. The molecule has 0 aromatic carbocycles. The van der Waals surface area contributed by atoms with Crippen molar-refractivity contribution in [1.82, 2.24) is 9.78 Å². The van der Waals surface area contributed by atoms with Gasteiger partial charge in [0.15, 0.2) is 0 Å². The molecule has 0 aliphatic heterocycles. The standard InChI is InChI=1S/C10H13N3S/c1-7(2)13-5-9(11)10(12-13)8-3-4-14-6-8/h3-7H,11H2,1-2H3. The molecule has 2 aromatic rings. The van der Waals surface area contributed by atoms with Gasteiger partial charge in [-0.1, -0.05) is 0 Å². The first-order valence-corrected chi connectivity index (χ1v) is 5.50. The molecule has 0 saturated heterocycles. The minimum Gasteiger partial charge on any atom is -0.396 e. The van der Waals surface area contributed by atoms with E-state index in [9.17, 15) is 0 Å². The molecule has 0 bridgehead atoms. The van der Waals surface area contributed by atoms with Gasteiger partial charge in [0.25, 0.3) is 0 Å². The van der Waals surface area contributed by atoms with E-state index in [1.807, 2.05) is 22.3 Å². The van der Waals surface area contributed by atoms with Gasteiger partial charge in [-0.05, 0) is 25.3 Å². The Hall–Kier alpha value is -1.29. The number of nitrogens with two attached hydrogens (primary N) is 1. The van der Waals surface area contributed by atoms with Crippen LogP contribution in [0, 0.1) is 0 Å². The molecule has 0 atom stereocenters. The van der Waals surface area contributed by atoms with E-state index < -0.39 is 0 Å². The largest absolute Gasteiger partial charge is 0.396 e. The third-order valence-corrected chi connectivity index (χ3v) is 2.77. The highest BCUT2D eigenvalue weighted by Gasteiger charge is 2.09. The third-order valence-electron chi connectivity index (χ3n) is 2.08. The van der Waals surface area contributed by atoms with Gasteiger partial charge in [-0.3, -0.25) is 4.68 Å². The molecule has 2 aromatic heterocycles. The van der Waals surface area contributed by atoms with Gasteiger partial charge in [-0.15, -0.1) is 0 Å². The van der Waals surface area contributed by atoms with Crippen LogP contribution in [0.25, 0.3) is 11.3 Å². The predicted molar refractivity (Wildman–Crippen MR) is 60.3 cm³/mol. The SMILES string of the molecule is CC(C)n1cc(N)c(-c2ccsc2)n1. The Kier molecular flexibility index (Phi) is 2.29. The van der Waals surface area contributed by atoms with Crippen LogP contribution in [0.5, 0.6) is 0 Å². The summed E-state index contributed by atoms with van der Waals surface area (Å²) in [5, 5.41) is 8.54. The molecule has 0 aliphatic carbocycles. The average molecular weight is 207 g/mol. The number of rotatable bonds is 2. The quantitative estimate of drug-likeness (QED) is 0.823. The molecule has 0 unspecified atom stereocenters. The summed E-state index contributed by atoms with van der Waals surface area (Å²) < 4.78 is 1.89. The lowest BCUT2D eigenvalue weighted by atomic mass is 10.2. The summed E-state index contributed by atoms with van der Waals surface area (Å²) in [4.78, 5) is 0. The fraction of sp³-hybridized carbons (Fsp3) is 0.300. The van der Waals surface area contributed by atoms with E-state index in [2.05, 4.69) is 24.3 Å². The van der Waals surface area contributed by atoms with Crippen molar-refractivity contribution in [3.8, 4) is 11.3 Å². The molecule has 0 radical (unpaired) electrons. The van der Waals surface area contributed by atoms with E-state index in [0.717, 1.165) is 16.9 Å². The molecular weight excluding hydrogens is 194 g/mol. The second kappa shape index (κ2) is 3.46. The summed E-state index contributed by atoms with van der Waals surface area (Å²) in [6.45, 7) is 4.17. The monoisotopic (exact) mass is 207 g/mol.